The summed E-state index contributed by atoms with van der Waals surface area (Å²) in [5.41, 5.74) is 1.72. The molecule has 0 amide bonds. The Kier molecular flexibility index (Phi) is 4.66. The molecule has 0 bridgehead atoms. The first-order valence-electron chi connectivity index (χ1n) is 6.79. The highest BCUT2D eigenvalue weighted by Gasteiger charge is 2.16. The molecule has 19 heavy (non-hydrogen) atoms. The van der Waals surface area contributed by atoms with E-state index < -0.39 is 0 Å². The molecule has 1 aromatic heterocycles. The summed E-state index contributed by atoms with van der Waals surface area (Å²) in [7, 11) is 0. The highest BCUT2D eigenvalue weighted by Crippen LogP contribution is 2.24. The summed E-state index contributed by atoms with van der Waals surface area (Å²) in [6.45, 7) is 6.29. The zero-order chi connectivity index (χ0) is 14.0. The van der Waals surface area contributed by atoms with Crippen LogP contribution in [-0.2, 0) is 6.42 Å². The van der Waals surface area contributed by atoms with Gasteiger partial charge in [-0.1, -0.05) is 27.2 Å². The molecule has 0 saturated heterocycles. The van der Waals surface area contributed by atoms with Gasteiger partial charge in [0.2, 0.25) is 0 Å². The molecule has 1 aromatic carbocycles. The van der Waals surface area contributed by atoms with Crippen LogP contribution in [0.1, 0.15) is 50.9 Å². The first-order chi connectivity index (χ1) is 9.04. The lowest BCUT2D eigenvalue weighted by molar-refractivity contribution is 0.496. The third-order valence-electron chi connectivity index (χ3n) is 3.28. The van der Waals surface area contributed by atoms with Crippen LogP contribution in [0, 0.1) is 3.57 Å². The highest BCUT2D eigenvalue weighted by atomic mass is 127. The van der Waals surface area contributed by atoms with Gasteiger partial charge in [-0.05, 0) is 53.6 Å². The molecule has 0 radical (unpaired) electrons. The van der Waals surface area contributed by atoms with Crippen molar-refractivity contribution in [2.24, 2.45) is 0 Å². The van der Waals surface area contributed by atoms with Crippen LogP contribution in [0.3, 0.4) is 0 Å². The van der Waals surface area contributed by atoms with Crippen LogP contribution < -0.4 is 5.43 Å². The Balaban J connectivity index is 2.71. The van der Waals surface area contributed by atoms with E-state index in [1.54, 1.807) is 0 Å². The predicted octanol–water partition coefficient (Wildman–Crippen LogP) is 4.86. The highest BCUT2D eigenvalue weighted by molar-refractivity contribution is 14.1. The van der Waals surface area contributed by atoms with E-state index >= 15 is 0 Å². The lowest BCUT2D eigenvalue weighted by Gasteiger charge is -2.12. The second kappa shape index (κ2) is 6.07. The minimum atomic E-state index is 0.150. The molecule has 0 unspecified atom stereocenters. The SMILES string of the molecule is CCCCc1c(C(C)C)oc2ccc(I)cc2c1=O. The van der Waals surface area contributed by atoms with E-state index in [0.717, 1.165) is 34.2 Å². The summed E-state index contributed by atoms with van der Waals surface area (Å²) in [6.07, 6.45) is 2.93. The third kappa shape index (κ3) is 3.02. The Hall–Kier alpha value is -0.840. The van der Waals surface area contributed by atoms with Crippen LogP contribution in [0.5, 0.6) is 0 Å². The quantitative estimate of drug-likeness (QED) is 0.720. The molecule has 3 heteroatoms. The Morgan fingerprint density at radius 1 is 1.32 bits per heavy atom. The molecule has 102 valence electrons. The van der Waals surface area contributed by atoms with Crippen LogP contribution in [0.15, 0.2) is 27.4 Å². The van der Waals surface area contributed by atoms with Gasteiger partial charge in [-0.25, -0.2) is 0 Å². The maximum absolute atomic E-state index is 12.6. The fraction of sp³-hybridized carbons (Fsp3) is 0.438. The summed E-state index contributed by atoms with van der Waals surface area (Å²) >= 11 is 2.23. The van der Waals surface area contributed by atoms with E-state index in [9.17, 15) is 4.79 Å². The number of benzene rings is 1. The van der Waals surface area contributed by atoms with Gasteiger partial charge < -0.3 is 4.42 Å². The van der Waals surface area contributed by atoms with E-state index in [4.69, 9.17) is 4.42 Å². The van der Waals surface area contributed by atoms with Crippen LogP contribution in [-0.4, -0.2) is 0 Å². The van der Waals surface area contributed by atoms with Crippen molar-refractivity contribution in [3.63, 3.8) is 0 Å². The standard InChI is InChI=1S/C16H19IO2/c1-4-5-6-12-15(18)13-9-11(17)7-8-14(13)19-16(12)10(2)3/h7-10H,4-6H2,1-3H3. The van der Waals surface area contributed by atoms with E-state index in [2.05, 4.69) is 43.4 Å². The van der Waals surface area contributed by atoms with Gasteiger partial charge in [0.15, 0.2) is 5.43 Å². The van der Waals surface area contributed by atoms with Gasteiger partial charge in [0.05, 0.1) is 5.39 Å². The molecule has 1 heterocycles. The topological polar surface area (TPSA) is 30.2 Å². The minimum Gasteiger partial charge on any atom is -0.460 e. The van der Waals surface area contributed by atoms with Crippen molar-refractivity contribution < 1.29 is 4.42 Å². The Labute approximate surface area is 127 Å². The monoisotopic (exact) mass is 370 g/mol. The largest absolute Gasteiger partial charge is 0.460 e. The number of hydrogen-bond acceptors (Lipinski definition) is 2. The summed E-state index contributed by atoms with van der Waals surface area (Å²) < 4.78 is 7.05. The number of rotatable bonds is 4. The predicted molar refractivity (Wildman–Crippen MR) is 87.9 cm³/mol. The van der Waals surface area contributed by atoms with Crippen LogP contribution >= 0.6 is 22.6 Å². The summed E-state index contributed by atoms with van der Waals surface area (Å²) in [6, 6.07) is 5.79. The molecule has 2 nitrogen and oxygen atoms in total. The summed E-state index contributed by atoms with van der Waals surface area (Å²) in [4.78, 5) is 12.6. The fourth-order valence-corrected chi connectivity index (χ4v) is 2.77. The average molecular weight is 370 g/mol. The fourth-order valence-electron chi connectivity index (χ4n) is 2.28. The van der Waals surface area contributed by atoms with Gasteiger partial charge in [0.25, 0.3) is 0 Å². The van der Waals surface area contributed by atoms with Crippen LogP contribution in [0.25, 0.3) is 11.0 Å². The van der Waals surface area contributed by atoms with Crippen molar-refractivity contribution >= 4 is 33.6 Å². The molecule has 0 saturated carbocycles. The average Bonchev–Trinajstić information content (AvgIpc) is 2.38. The maximum atomic E-state index is 12.6. The minimum absolute atomic E-state index is 0.150. The van der Waals surface area contributed by atoms with Gasteiger partial charge in [-0.2, -0.15) is 0 Å². The van der Waals surface area contributed by atoms with Crippen LogP contribution in [0.4, 0.5) is 0 Å². The molecular formula is C16H19IO2. The molecule has 0 atom stereocenters. The lowest BCUT2D eigenvalue weighted by atomic mass is 9.99. The second-order valence-electron chi connectivity index (χ2n) is 5.17. The maximum Gasteiger partial charge on any atom is 0.196 e. The van der Waals surface area contributed by atoms with Gasteiger partial charge in [-0.15, -0.1) is 0 Å². The van der Waals surface area contributed by atoms with E-state index in [1.165, 1.54) is 0 Å². The summed E-state index contributed by atoms with van der Waals surface area (Å²) in [5, 5.41) is 0.711. The van der Waals surface area contributed by atoms with Crippen molar-refractivity contribution in [3.05, 3.63) is 43.3 Å². The molecule has 2 aromatic rings. The van der Waals surface area contributed by atoms with E-state index in [0.29, 0.717) is 11.0 Å². The molecule has 0 aliphatic carbocycles. The molecule has 0 aliphatic heterocycles. The van der Waals surface area contributed by atoms with Gasteiger partial charge in [0, 0.05) is 15.1 Å². The second-order valence-corrected chi connectivity index (χ2v) is 6.42. The zero-order valence-corrected chi connectivity index (χ0v) is 13.8. The van der Waals surface area contributed by atoms with E-state index in [-0.39, 0.29) is 11.3 Å². The molecule has 0 aliphatic rings. The Morgan fingerprint density at radius 2 is 2.05 bits per heavy atom. The normalized spacial score (nSPS) is 11.4. The number of fused-ring (bicyclic) bond motifs is 1. The summed E-state index contributed by atoms with van der Waals surface area (Å²) in [5.74, 6) is 1.09. The number of unbranched alkanes of at least 4 members (excludes halogenated alkanes) is 1. The first kappa shape index (κ1) is 14.6. The van der Waals surface area contributed by atoms with Crippen molar-refractivity contribution in [1.29, 1.82) is 0 Å². The zero-order valence-electron chi connectivity index (χ0n) is 11.6. The van der Waals surface area contributed by atoms with Gasteiger partial charge in [0.1, 0.15) is 11.3 Å². The molecule has 0 N–H and O–H groups in total. The number of hydrogen-bond donors (Lipinski definition) is 0. The lowest BCUT2D eigenvalue weighted by Crippen LogP contribution is -2.14. The molecular weight excluding hydrogens is 351 g/mol. The molecule has 0 spiro atoms. The first-order valence-corrected chi connectivity index (χ1v) is 7.87. The van der Waals surface area contributed by atoms with Crippen LogP contribution in [0.2, 0.25) is 0 Å². The number of halogens is 1. The molecule has 0 fully saturated rings. The smallest absolute Gasteiger partial charge is 0.196 e. The van der Waals surface area contributed by atoms with Gasteiger partial charge >= 0.3 is 0 Å². The van der Waals surface area contributed by atoms with Crippen molar-refractivity contribution in [3.8, 4) is 0 Å². The molecule has 2 rings (SSSR count). The Bertz CT molecular complexity index is 641. The van der Waals surface area contributed by atoms with Crippen molar-refractivity contribution in [2.75, 3.05) is 0 Å². The van der Waals surface area contributed by atoms with E-state index in [1.807, 2.05) is 18.2 Å². The van der Waals surface area contributed by atoms with Gasteiger partial charge in [-0.3, -0.25) is 4.79 Å². The van der Waals surface area contributed by atoms with Crippen molar-refractivity contribution in [1.82, 2.24) is 0 Å². The van der Waals surface area contributed by atoms with Crippen molar-refractivity contribution in [2.45, 2.75) is 46.0 Å². The Morgan fingerprint density at radius 3 is 2.68 bits per heavy atom. The third-order valence-corrected chi connectivity index (χ3v) is 3.95.